The van der Waals surface area contributed by atoms with Crippen molar-refractivity contribution in [1.82, 2.24) is 5.32 Å². The molecule has 0 saturated carbocycles. The molecular formula is C22H24N2O5S. The third-order valence-electron chi connectivity index (χ3n) is 4.67. The number of nitrogens with one attached hydrogen (secondary N) is 2. The summed E-state index contributed by atoms with van der Waals surface area (Å²) in [6, 6.07) is 12.6. The van der Waals surface area contributed by atoms with Crippen molar-refractivity contribution in [2.45, 2.75) is 36.5 Å². The monoisotopic (exact) mass is 428 g/mol. The van der Waals surface area contributed by atoms with Gasteiger partial charge in [-0.3, -0.25) is 9.59 Å². The van der Waals surface area contributed by atoms with Crippen LogP contribution in [0.25, 0.3) is 0 Å². The van der Waals surface area contributed by atoms with Crippen molar-refractivity contribution in [3.63, 3.8) is 0 Å². The number of amides is 2. The van der Waals surface area contributed by atoms with Crippen LogP contribution in [-0.2, 0) is 20.7 Å². The van der Waals surface area contributed by atoms with Crippen LogP contribution in [0.5, 0.6) is 5.75 Å². The molecule has 0 radical (unpaired) electrons. The number of thioether (sulfide) groups is 1. The molecule has 1 heterocycles. The first kappa shape index (κ1) is 21.7. The van der Waals surface area contributed by atoms with Gasteiger partial charge in [-0.25, -0.2) is 4.79 Å². The molecule has 3 rings (SSSR count). The summed E-state index contributed by atoms with van der Waals surface area (Å²) in [7, 11) is 1.61. The largest absolute Gasteiger partial charge is 0.497 e. The molecule has 2 N–H and O–H groups in total. The van der Waals surface area contributed by atoms with E-state index in [2.05, 4.69) is 10.6 Å². The second kappa shape index (κ2) is 9.67. The summed E-state index contributed by atoms with van der Waals surface area (Å²) in [6.07, 6.45) is -0.287. The number of benzene rings is 2. The highest BCUT2D eigenvalue weighted by Crippen LogP contribution is 2.36. The molecule has 2 aromatic carbocycles. The van der Waals surface area contributed by atoms with Crippen molar-refractivity contribution in [3.05, 3.63) is 53.6 Å². The van der Waals surface area contributed by atoms with Crippen molar-refractivity contribution in [2.24, 2.45) is 0 Å². The zero-order chi connectivity index (χ0) is 21.7. The Hall–Kier alpha value is -3.00. The van der Waals surface area contributed by atoms with Gasteiger partial charge in [-0.2, -0.15) is 0 Å². The predicted octanol–water partition coefficient (Wildman–Crippen LogP) is 3.03. The normalized spacial score (nSPS) is 16.1. The first-order valence-corrected chi connectivity index (χ1v) is 10.5. The number of hydrogen-bond acceptors (Lipinski definition) is 6. The quantitative estimate of drug-likeness (QED) is 0.659. The van der Waals surface area contributed by atoms with Crippen LogP contribution in [-0.4, -0.2) is 42.8 Å². The van der Waals surface area contributed by atoms with Crippen LogP contribution in [0.4, 0.5) is 5.69 Å². The minimum Gasteiger partial charge on any atom is -0.497 e. The van der Waals surface area contributed by atoms with E-state index in [9.17, 15) is 14.4 Å². The second-order valence-corrected chi connectivity index (χ2v) is 8.28. The van der Waals surface area contributed by atoms with Crippen molar-refractivity contribution in [2.75, 3.05) is 19.0 Å². The van der Waals surface area contributed by atoms with Gasteiger partial charge < -0.3 is 20.1 Å². The van der Waals surface area contributed by atoms with E-state index in [1.165, 1.54) is 18.7 Å². The number of hydrogen-bond donors (Lipinski definition) is 2. The van der Waals surface area contributed by atoms with Gasteiger partial charge in [0.2, 0.25) is 5.91 Å². The summed E-state index contributed by atoms with van der Waals surface area (Å²) in [5.74, 6) is -0.318. The Morgan fingerprint density at radius 3 is 2.63 bits per heavy atom. The molecule has 0 aliphatic carbocycles. The number of carbonyl (C=O) groups is 3. The fraction of sp³-hybridized carbons (Fsp3) is 0.318. The van der Waals surface area contributed by atoms with Crippen LogP contribution in [0, 0.1) is 0 Å². The Morgan fingerprint density at radius 1 is 1.20 bits per heavy atom. The molecule has 0 unspecified atom stereocenters. The molecule has 158 valence electrons. The van der Waals surface area contributed by atoms with Gasteiger partial charge in [-0.05, 0) is 56.2 Å². The molecule has 30 heavy (non-hydrogen) atoms. The van der Waals surface area contributed by atoms with Gasteiger partial charge in [0.05, 0.1) is 23.6 Å². The fourth-order valence-electron chi connectivity index (χ4n) is 2.88. The molecule has 0 fully saturated rings. The number of fused-ring (bicyclic) bond motifs is 1. The average Bonchev–Trinajstić information content (AvgIpc) is 2.74. The van der Waals surface area contributed by atoms with Crippen molar-refractivity contribution in [1.29, 1.82) is 0 Å². The Morgan fingerprint density at radius 2 is 1.93 bits per heavy atom. The van der Waals surface area contributed by atoms with Crippen molar-refractivity contribution >= 4 is 35.2 Å². The Bertz CT molecular complexity index is 945. The maximum absolute atomic E-state index is 12.4. The molecule has 2 amide bonds. The van der Waals surface area contributed by atoms with E-state index in [0.29, 0.717) is 18.7 Å². The highest BCUT2D eigenvalue weighted by molar-refractivity contribution is 8.00. The van der Waals surface area contributed by atoms with Gasteiger partial charge in [-0.15, -0.1) is 11.8 Å². The zero-order valence-corrected chi connectivity index (χ0v) is 17.9. The maximum atomic E-state index is 12.4. The first-order chi connectivity index (χ1) is 14.4. The minimum atomic E-state index is -0.937. The Labute approximate surface area is 179 Å². The summed E-state index contributed by atoms with van der Waals surface area (Å²) >= 11 is 1.43. The molecule has 0 saturated heterocycles. The third kappa shape index (κ3) is 5.33. The van der Waals surface area contributed by atoms with E-state index >= 15 is 0 Å². The molecule has 0 aromatic heterocycles. The highest BCUT2D eigenvalue weighted by Gasteiger charge is 2.25. The van der Waals surface area contributed by atoms with Crippen molar-refractivity contribution < 1.29 is 23.9 Å². The SMILES string of the molecule is COc1ccc(CCNC(=O)[C@H](C)OC(=O)c2ccc3c(c2)NC(=O)[C@H](C)S3)cc1. The lowest BCUT2D eigenvalue weighted by Crippen LogP contribution is -2.37. The summed E-state index contributed by atoms with van der Waals surface area (Å²) in [6.45, 7) is 3.77. The maximum Gasteiger partial charge on any atom is 0.338 e. The summed E-state index contributed by atoms with van der Waals surface area (Å²) in [5, 5.41) is 5.36. The molecule has 1 aliphatic heterocycles. The van der Waals surface area contributed by atoms with Crippen LogP contribution in [0.3, 0.4) is 0 Å². The number of esters is 1. The number of ether oxygens (including phenoxy) is 2. The van der Waals surface area contributed by atoms with Gasteiger partial charge in [0, 0.05) is 11.4 Å². The Kier molecular flexibility index (Phi) is 6.99. The lowest BCUT2D eigenvalue weighted by Gasteiger charge is -2.21. The van der Waals surface area contributed by atoms with Gasteiger partial charge in [0.25, 0.3) is 5.91 Å². The van der Waals surface area contributed by atoms with Gasteiger partial charge >= 0.3 is 5.97 Å². The molecule has 0 bridgehead atoms. The summed E-state index contributed by atoms with van der Waals surface area (Å²) in [5.41, 5.74) is 1.92. The van der Waals surface area contributed by atoms with Crippen LogP contribution >= 0.6 is 11.8 Å². The van der Waals surface area contributed by atoms with E-state index in [1.807, 2.05) is 31.2 Å². The van der Waals surface area contributed by atoms with Crippen molar-refractivity contribution in [3.8, 4) is 5.75 Å². The molecule has 2 aromatic rings. The summed E-state index contributed by atoms with van der Waals surface area (Å²) < 4.78 is 10.4. The fourth-order valence-corrected chi connectivity index (χ4v) is 3.81. The topological polar surface area (TPSA) is 93.7 Å². The van der Waals surface area contributed by atoms with E-state index in [0.717, 1.165) is 16.2 Å². The smallest absolute Gasteiger partial charge is 0.338 e. The van der Waals surface area contributed by atoms with E-state index in [1.54, 1.807) is 25.3 Å². The molecular weight excluding hydrogens is 404 g/mol. The molecule has 7 nitrogen and oxygen atoms in total. The van der Waals surface area contributed by atoms with Crippen LogP contribution in [0.15, 0.2) is 47.4 Å². The van der Waals surface area contributed by atoms with Crippen LogP contribution < -0.4 is 15.4 Å². The van der Waals surface area contributed by atoms with Crippen LogP contribution in [0.2, 0.25) is 0 Å². The second-order valence-electron chi connectivity index (χ2n) is 6.90. The van der Waals surface area contributed by atoms with Gasteiger partial charge in [0.15, 0.2) is 6.10 Å². The number of anilines is 1. The van der Waals surface area contributed by atoms with E-state index in [-0.39, 0.29) is 22.6 Å². The first-order valence-electron chi connectivity index (χ1n) is 9.60. The van der Waals surface area contributed by atoms with E-state index < -0.39 is 12.1 Å². The van der Waals surface area contributed by atoms with E-state index in [4.69, 9.17) is 9.47 Å². The highest BCUT2D eigenvalue weighted by atomic mass is 32.2. The zero-order valence-electron chi connectivity index (χ0n) is 17.1. The lowest BCUT2D eigenvalue weighted by molar-refractivity contribution is -0.129. The third-order valence-corrected chi connectivity index (χ3v) is 5.85. The minimum absolute atomic E-state index is 0.109. The van der Waals surface area contributed by atoms with Gasteiger partial charge in [-0.1, -0.05) is 12.1 Å². The lowest BCUT2D eigenvalue weighted by atomic mass is 10.1. The standard InChI is InChI=1S/C22H24N2O5S/c1-13(20(25)23-11-10-15-4-7-17(28-3)8-5-15)29-22(27)16-6-9-19-18(12-16)24-21(26)14(2)30-19/h4-9,12-14H,10-11H2,1-3H3,(H,23,25)(H,24,26)/t13-,14-/m0/s1. The molecule has 1 aliphatic rings. The number of rotatable bonds is 7. The average molecular weight is 429 g/mol. The van der Waals surface area contributed by atoms with Gasteiger partial charge in [0.1, 0.15) is 5.75 Å². The summed E-state index contributed by atoms with van der Waals surface area (Å²) in [4.78, 5) is 37.4. The number of methoxy groups -OCH3 is 1. The molecule has 8 heteroatoms. The predicted molar refractivity (Wildman–Crippen MR) is 115 cm³/mol. The van der Waals surface area contributed by atoms with Crippen LogP contribution in [0.1, 0.15) is 29.8 Å². The molecule has 2 atom stereocenters. The number of carbonyl (C=O) groups excluding carboxylic acids is 3. The Balaban J connectivity index is 1.50. The molecule has 0 spiro atoms.